The van der Waals surface area contributed by atoms with E-state index >= 15 is 0 Å². The minimum atomic E-state index is -0.435. The number of hydrogen-bond donors (Lipinski definition) is 3. The predicted octanol–water partition coefficient (Wildman–Crippen LogP) is 2.50. The molecule has 3 amide bonds. The van der Waals surface area contributed by atoms with E-state index in [1.807, 2.05) is 12.1 Å². The number of hydrogen-bond acceptors (Lipinski definition) is 4. The van der Waals surface area contributed by atoms with Crippen LogP contribution in [0.15, 0.2) is 36.4 Å². The van der Waals surface area contributed by atoms with Gasteiger partial charge >= 0.3 is 0 Å². The van der Waals surface area contributed by atoms with E-state index < -0.39 is 11.8 Å². The number of imide groups is 1. The van der Waals surface area contributed by atoms with Crippen molar-refractivity contribution < 1.29 is 14.4 Å². The molecule has 0 bridgehead atoms. The van der Waals surface area contributed by atoms with E-state index in [0.29, 0.717) is 11.3 Å². The molecule has 1 heterocycles. The van der Waals surface area contributed by atoms with Crippen LogP contribution in [0.1, 0.15) is 44.7 Å². The summed E-state index contributed by atoms with van der Waals surface area (Å²) in [7, 11) is 0. The Balaban J connectivity index is 1.42. The highest BCUT2D eigenvalue weighted by Crippen LogP contribution is 2.27. The van der Waals surface area contributed by atoms with Crippen LogP contribution < -0.4 is 16.0 Å². The van der Waals surface area contributed by atoms with Gasteiger partial charge in [0.15, 0.2) is 0 Å². The van der Waals surface area contributed by atoms with Crippen molar-refractivity contribution in [1.29, 1.82) is 0 Å². The van der Waals surface area contributed by atoms with E-state index in [2.05, 4.69) is 22.0 Å². The maximum absolute atomic E-state index is 12.3. The molecular formula is C20H19N3O3. The minimum Gasteiger partial charge on any atom is -0.376 e. The van der Waals surface area contributed by atoms with Gasteiger partial charge < -0.3 is 10.6 Å². The Labute approximate surface area is 151 Å². The second-order valence-corrected chi connectivity index (χ2v) is 6.60. The fourth-order valence-corrected chi connectivity index (χ4v) is 3.57. The van der Waals surface area contributed by atoms with Crippen molar-refractivity contribution in [3.8, 4) is 0 Å². The van der Waals surface area contributed by atoms with Gasteiger partial charge in [-0.15, -0.1) is 0 Å². The third-order valence-electron chi connectivity index (χ3n) is 4.85. The molecule has 1 aliphatic carbocycles. The summed E-state index contributed by atoms with van der Waals surface area (Å²) in [6.45, 7) is 0.138. The number of rotatable bonds is 4. The Morgan fingerprint density at radius 2 is 1.81 bits per heavy atom. The molecule has 26 heavy (non-hydrogen) atoms. The molecule has 1 aliphatic heterocycles. The second kappa shape index (κ2) is 6.63. The SMILES string of the molecule is O=C(CNc1cccc2c1CCCC2)Nc1ccc2c(c1)C(=O)NC2=O. The molecule has 0 unspecified atom stereocenters. The number of amides is 3. The van der Waals surface area contributed by atoms with Gasteiger partial charge in [-0.2, -0.15) is 0 Å². The third kappa shape index (κ3) is 3.06. The molecule has 132 valence electrons. The molecule has 0 aromatic heterocycles. The summed E-state index contributed by atoms with van der Waals surface area (Å²) in [5, 5.41) is 8.22. The van der Waals surface area contributed by atoms with Crippen LogP contribution in [-0.4, -0.2) is 24.3 Å². The Morgan fingerprint density at radius 3 is 2.69 bits per heavy atom. The van der Waals surface area contributed by atoms with Gasteiger partial charge in [-0.25, -0.2) is 0 Å². The molecule has 0 saturated carbocycles. The van der Waals surface area contributed by atoms with Crippen LogP contribution in [0.5, 0.6) is 0 Å². The quantitative estimate of drug-likeness (QED) is 0.740. The van der Waals surface area contributed by atoms with Crippen LogP contribution in [-0.2, 0) is 17.6 Å². The molecule has 3 N–H and O–H groups in total. The molecule has 2 aromatic rings. The second-order valence-electron chi connectivity index (χ2n) is 6.60. The van der Waals surface area contributed by atoms with E-state index in [9.17, 15) is 14.4 Å². The first-order valence-electron chi connectivity index (χ1n) is 8.76. The van der Waals surface area contributed by atoms with Gasteiger partial charge in [0.05, 0.1) is 17.7 Å². The number of carbonyl (C=O) groups excluding carboxylic acids is 3. The van der Waals surface area contributed by atoms with Crippen molar-refractivity contribution in [2.24, 2.45) is 0 Å². The zero-order valence-electron chi connectivity index (χ0n) is 14.2. The maximum Gasteiger partial charge on any atom is 0.259 e. The normalized spacial score (nSPS) is 15.1. The van der Waals surface area contributed by atoms with Crippen LogP contribution in [0.3, 0.4) is 0 Å². The molecule has 4 rings (SSSR count). The lowest BCUT2D eigenvalue weighted by Gasteiger charge is -2.20. The van der Waals surface area contributed by atoms with E-state index in [1.165, 1.54) is 30.0 Å². The Kier molecular flexibility index (Phi) is 4.16. The molecule has 6 heteroatoms. The third-order valence-corrected chi connectivity index (χ3v) is 4.85. The van der Waals surface area contributed by atoms with Crippen LogP contribution >= 0.6 is 0 Å². The van der Waals surface area contributed by atoms with Gasteiger partial charge in [0, 0.05) is 11.4 Å². The Bertz CT molecular complexity index is 921. The van der Waals surface area contributed by atoms with Gasteiger partial charge in [0.2, 0.25) is 5.91 Å². The monoisotopic (exact) mass is 349 g/mol. The maximum atomic E-state index is 12.3. The molecule has 0 spiro atoms. The number of anilines is 2. The van der Waals surface area contributed by atoms with Crippen LogP contribution in [0.4, 0.5) is 11.4 Å². The van der Waals surface area contributed by atoms with Crippen LogP contribution in [0.25, 0.3) is 0 Å². The lowest BCUT2D eigenvalue weighted by molar-refractivity contribution is -0.114. The highest BCUT2D eigenvalue weighted by molar-refractivity contribution is 6.22. The lowest BCUT2D eigenvalue weighted by Crippen LogP contribution is -2.23. The first-order valence-corrected chi connectivity index (χ1v) is 8.76. The molecule has 6 nitrogen and oxygen atoms in total. The summed E-state index contributed by atoms with van der Waals surface area (Å²) in [5.41, 5.74) is 4.79. The molecule has 0 atom stereocenters. The first-order chi connectivity index (χ1) is 12.6. The largest absolute Gasteiger partial charge is 0.376 e. The molecule has 2 aliphatic rings. The highest BCUT2D eigenvalue weighted by atomic mass is 16.2. The lowest BCUT2D eigenvalue weighted by atomic mass is 9.90. The van der Waals surface area contributed by atoms with Crippen molar-refractivity contribution in [2.75, 3.05) is 17.2 Å². The van der Waals surface area contributed by atoms with E-state index in [1.54, 1.807) is 12.1 Å². The van der Waals surface area contributed by atoms with Crippen LogP contribution in [0, 0.1) is 0 Å². The van der Waals surface area contributed by atoms with Crippen LogP contribution in [0.2, 0.25) is 0 Å². The number of fused-ring (bicyclic) bond motifs is 2. The van der Waals surface area contributed by atoms with Gasteiger partial charge in [0.25, 0.3) is 11.8 Å². The topological polar surface area (TPSA) is 87.3 Å². The number of benzene rings is 2. The summed E-state index contributed by atoms with van der Waals surface area (Å²) in [5.74, 6) is -1.04. The van der Waals surface area contributed by atoms with E-state index in [-0.39, 0.29) is 18.0 Å². The first kappa shape index (κ1) is 16.3. The average Bonchev–Trinajstić information content (AvgIpc) is 2.93. The van der Waals surface area contributed by atoms with Gasteiger partial charge in [0.1, 0.15) is 0 Å². The van der Waals surface area contributed by atoms with Crippen molar-refractivity contribution in [3.63, 3.8) is 0 Å². The van der Waals surface area contributed by atoms with Crippen molar-refractivity contribution in [3.05, 3.63) is 58.7 Å². The van der Waals surface area contributed by atoms with Gasteiger partial charge in [-0.1, -0.05) is 12.1 Å². The highest BCUT2D eigenvalue weighted by Gasteiger charge is 2.26. The van der Waals surface area contributed by atoms with E-state index in [4.69, 9.17) is 0 Å². The number of aryl methyl sites for hydroxylation is 1. The molecule has 0 fully saturated rings. The van der Waals surface area contributed by atoms with Gasteiger partial charge in [-0.05, 0) is 61.1 Å². The molecule has 2 aromatic carbocycles. The van der Waals surface area contributed by atoms with Crippen molar-refractivity contribution in [1.82, 2.24) is 5.32 Å². The number of nitrogens with one attached hydrogen (secondary N) is 3. The van der Waals surface area contributed by atoms with Crippen molar-refractivity contribution in [2.45, 2.75) is 25.7 Å². The van der Waals surface area contributed by atoms with E-state index in [0.717, 1.165) is 18.5 Å². The Morgan fingerprint density at radius 1 is 1.00 bits per heavy atom. The summed E-state index contributed by atoms with van der Waals surface area (Å²) in [6, 6.07) is 10.9. The van der Waals surface area contributed by atoms with Crippen molar-refractivity contribution >= 4 is 29.1 Å². The molecule has 0 saturated heterocycles. The standard InChI is InChI=1S/C20H19N3O3/c24-18(11-21-17-7-3-5-12-4-1-2-6-14(12)17)22-13-8-9-15-16(10-13)20(26)23-19(15)25/h3,5,7-10,21H,1-2,4,6,11H2,(H,22,24)(H,23,25,26). The minimum absolute atomic E-state index is 0.138. The smallest absolute Gasteiger partial charge is 0.259 e. The molecular weight excluding hydrogens is 330 g/mol. The summed E-state index contributed by atoms with van der Waals surface area (Å²) in [4.78, 5) is 35.5. The zero-order valence-corrected chi connectivity index (χ0v) is 14.2. The zero-order chi connectivity index (χ0) is 18.1. The fraction of sp³-hybridized carbons (Fsp3) is 0.250. The van der Waals surface area contributed by atoms with Gasteiger partial charge in [-0.3, -0.25) is 19.7 Å². The molecule has 0 radical (unpaired) electrons. The average molecular weight is 349 g/mol. The Hall–Kier alpha value is -3.15. The fourth-order valence-electron chi connectivity index (χ4n) is 3.57. The summed E-state index contributed by atoms with van der Waals surface area (Å²) >= 11 is 0. The summed E-state index contributed by atoms with van der Waals surface area (Å²) in [6.07, 6.45) is 4.51. The number of carbonyl (C=O) groups is 3. The summed E-state index contributed by atoms with van der Waals surface area (Å²) < 4.78 is 0. The predicted molar refractivity (Wildman–Crippen MR) is 98.4 cm³/mol.